The van der Waals surface area contributed by atoms with E-state index in [9.17, 15) is 0 Å². The number of nitrogens with one attached hydrogen (secondary N) is 1. The average Bonchev–Trinajstić information content (AvgIpc) is 2.31. The van der Waals surface area contributed by atoms with Crippen LogP contribution >= 0.6 is 0 Å². The molecular weight excluding hydrogens is 186 g/mol. The van der Waals surface area contributed by atoms with E-state index in [1.165, 1.54) is 5.56 Å². The Morgan fingerprint density at radius 3 is 2.60 bits per heavy atom. The zero-order valence-electron chi connectivity index (χ0n) is 9.95. The Bertz CT molecular complexity index is 269. The van der Waals surface area contributed by atoms with Crippen LogP contribution in [-0.4, -0.2) is 31.7 Å². The second-order valence-corrected chi connectivity index (χ2v) is 3.56. The lowest BCUT2D eigenvalue weighted by atomic mass is 10.2. The summed E-state index contributed by atoms with van der Waals surface area (Å²) in [5.41, 5.74) is 1.29. The molecule has 0 bridgehead atoms. The van der Waals surface area contributed by atoms with E-state index in [1.54, 1.807) is 0 Å². The number of nitrogens with zero attached hydrogens (tertiary/aromatic N) is 2. The fraction of sp³-hybridized carbons (Fsp3) is 0.583. The first-order chi connectivity index (χ1) is 7.31. The lowest BCUT2D eigenvalue weighted by Crippen LogP contribution is -2.31. The molecule has 1 aromatic heterocycles. The molecule has 84 valence electrons. The van der Waals surface area contributed by atoms with E-state index in [0.717, 1.165) is 31.9 Å². The van der Waals surface area contributed by atoms with Crippen molar-refractivity contribution in [3.05, 3.63) is 23.9 Å². The molecule has 1 rings (SSSR count). The van der Waals surface area contributed by atoms with Gasteiger partial charge < -0.3 is 10.2 Å². The molecule has 15 heavy (non-hydrogen) atoms. The Hall–Kier alpha value is -1.09. The summed E-state index contributed by atoms with van der Waals surface area (Å²) < 4.78 is 0. The van der Waals surface area contributed by atoms with E-state index in [4.69, 9.17) is 0 Å². The maximum Gasteiger partial charge on any atom is 0.128 e. The number of anilines is 1. The molecule has 0 fully saturated rings. The summed E-state index contributed by atoms with van der Waals surface area (Å²) in [5, 5.41) is 3.16. The lowest BCUT2D eigenvalue weighted by Gasteiger charge is -2.21. The second-order valence-electron chi connectivity index (χ2n) is 3.56. The van der Waals surface area contributed by atoms with Gasteiger partial charge in [0.1, 0.15) is 5.82 Å². The number of hydrogen-bond acceptors (Lipinski definition) is 3. The van der Waals surface area contributed by atoms with Crippen LogP contribution in [0.15, 0.2) is 18.3 Å². The molecule has 0 radical (unpaired) electrons. The Kier molecular flexibility index (Phi) is 5.12. The molecule has 3 nitrogen and oxygen atoms in total. The van der Waals surface area contributed by atoms with Crippen LogP contribution in [0.2, 0.25) is 0 Å². The van der Waals surface area contributed by atoms with E-state index < -0.39 is 0 Å². The third-order valence-corrected chi connectivity index (χ3v) is 2.55. The first kappa shape index (κ1) is 12.0. The Morgan fingerprint density at radius 2 is 2.13 bits per heavy atom. The van der Waals surface area contributed by atoms with Crippen molar-refractivity contribution in [2.45, 2.75) is 20.3 Å². The fourth-order valence-electron chi connectivity index (χ4n) is 1.49. The van der Waals surface area contributed by atoms with Crippen molar-refractivity contribution in [3.63, 3.8) is 0 Å². The molecule has 0 aromatic carbocycles. The van der Waals surface area contributed by atoms with E-state index in [2.05, 4.69) is 41.2 Å². The molecule has 0 aliphatic heterocycles. The monoisotopic (exact) mass is 207 g/mol. The molecule has 0 aliphatic rings. The van der Waals surface area contributed by atoms with Gasteiger partial charge in [0.05, 0.1) is 0 Å². The topological polar surface area (TPSA) is 28.2 Å². The van der Waals surface area contributed by atoms with Gasteiger partial charge in [0.2, 0.25) is 0 Å². The minimum atomic E-state index is 0.991. The Morgan fingerprint density at radius 1 is 1.33 bits per heavy atom. The van der Waals surface area contributed by atoms with Gasteiger partial charge in [-0.15, -0.1) is 0 Å². The summed E-state index contributed by atoms with van der Waals surface area (Å²) in [6.45, 7) is 7.30. The van der Waals surface area contributed by atoms with Gasteiger partial charge in [-0.1, -0.05) is 13.0 Å². The predicted octanol–water partition coefficient (Wildman–Crippen LogP) is 1.69. The minimum Gasteiger partial charge on any atom is -0.356 e. The molecular formula is C12H21N3. The van der Waals surface area contributed by atoms with Gasteiger partial charge in [0.25, 0.3) is 0 Å². The molecule has 1 heterocycles. The van der Waals surface area contributed by atoms with Crippen molar-refractivity contribution in [1.82, 2.24) is 10.3 Å². The van der Waals surface area contributed by atoms with Crippen LogP contribution < -0.4 is 10.2 Å². The van der Waals surface area contributed by atoms with Gasteiger partial charge in [-0.05, 0) is 32.0 Å². The van der Waals surface area contributed by atoms with E-state index in [0.29, 0.717) is 0 Å². The van der Waals surface area contributed by atoms with Gasteiger partial charge >= 0.3 is 0 Å². The van der Waals surface area contributed by atoms with Crippen LogP contribution in [0.4, 0.5) is 5.82 Å². The second kappa shape index (κ2) is 6.40. The van der Waals surface area contributed by atoms with Crippen molar-refractivity contribution < 1.29 is 0 Å². The maximum atomic E-state index is 4.47. The van der Waals surface area contributed by atoms with Gasteiger partial charge in [-0.25, -0.2) is 4.98 Å². The zero-order valence-corrected chi connectivity index (χ0v) is 9.95. The highest BCUT2D eigenvalue weighted by Crippen LogP contribution is 2.10. The Labute approximate surface area is 92.5 Å². The van der Waals surface area contributed by atoms with Gasteiger partial charge in [0.15, 0.2) is 0 Å². The average molecular weight is 207 g/mol. The molecule has 0 unspecified atom stereocenters. The summed E-state index contributed by atoms with van der Waals surface area (Å²) in [7, 11) is 1.97. The first-order valence-corrected chi connectivity index (χ1v) is 5.66. The highest BCUT2D eigenvalue weighted by Gasteiger charge is 2.03. The third-order valence-electron chi connectivity index (χ3n) is 2.55. The molecule has 0 saturated carbocycles. The van der Waals surface area contributed by atoms with Crippen molar-refractivity contribution >= 4 is 5.82 Å². The van der Waals surface area contributed by atoms with Crippen LogP contribution in [0.3, 0.4) is 0 Å². The van der Waals surface area contributed by atoms with Crippen LogP contribution in [-0.2, 0) is 6.42 Å². The largest absolute Gasteiger partial charge is 0.356 e. The normalized spacial score (nSPS) is 10.3. The summed E-state index contributed by atoms with van der Waals surface area (Å²) in [6, 6.07) is 4.27. The number of likely N-dealkylation sites (N-methyl/N-ethyl adjacent to an activating group) is 2. The van der Waals surface area contributed by atoms with Gasteiger partial charge in [0, 0.05) is 25.8 Å². The summed E-state index contributed by atoms with van der Waals surface area (Å²) in [6.07, 6.45) is 3.02. The molecule has 3 heteroatoms. The first-order valence-electron chi connectivity index (χ1n) is 5.66. The van der Waals surface area contributed by atoms with E-state index in [1.807, 2.05) is 13.2 Å². The minimum absolute atomic E-state index is 0.991. The van der Waals surface area contributed by atoms with Crippen LogP contribution in [0.25, 0.3) is 0 Å². The van der Waals surface area contributed by atoms with Crippen LogP contribution in [0.5, 0.6) is 0 Å². The predicted molar refractivity (Wildman–Crippen MR) is 65.4 cm³/mol. The number of rotatable bonds is 6. The number of aryl methyl sites for hydroxylation is 1. The van der Waals surface area contributed by atoms with Crippen LogP contribution in [0, 0.1) is 0 Å². The molecule has 0 aliphatic carbocycles. The molecule has 0 atom stereocenters. The molecule has 1 aromatic rings. The van der Waals surface area contributed by atoms with Gasteiger partial charge in [-0.3, -0.25) is 0 Å². The molecule has 1 N–H and O–H groups in total. The summed E-state index contributed by atoms with van der Waals surface area (Å²) in [4.78, 5) is 6.75. The summed E-state index contributed by atoms with van der Waals surface area (Å²) in [5.74, 6) is 1.07. The Balaban J connectivity index is 2.65. The van der Waals surface area contributed by atoms with E-state index >= 15 is 0 Å². The van der Waals surface area contributed by atoms with Crippen LogP contribution in [0.1, 0.15) is 19.4 Å². The lowest BCUT2D eigenvalue weighted by molar-refractivity contribution is 0.729. The smallest absolute Gasteiger partial charge is 0.128 e. The highest BCUT2D eigenvalue weighted by molar-refractivity contribution is 5.39. The molecule has 0 spiro atoms. The standard InChI is InChI=1S/C12H21N3/c1-4-11-6-7-12(14-10-11)15(5-2)9-8-13-3/h6-7,10,13H,4-5,8-9H2,1-3H3. The van der Waals surface area contributed by atoms with E-state index in [-0.39, 0.29) is 0 Å². The van der Waals surface area contributed by atoms with Crippen molar-refractivity contribution in [1.29, 1.82) is 0 Å². The fourth-order valence-corrected chi connectivity index (χ4v) is 1.49. The van der Waals surface area contributed by atoms with Gasteiger partial charge in [-0.2, -0.15) is 0 Å². The quantitative estimate of drug-likeness (QED) is 0.769. The third kappa shape index (κ3) is 3.51. The number of hydrogen-bond donors (Lipinski definition) is 1. The molecule has 0 amide bonds. The molecule has 0 saturated heterocycles. The SMILES string of the molecule is CCc1ccc(N(CC)CCNC)nc1. The summed E-state index contributed by atoms with van der Waals surface area (Å²) >= 11 is 0. The zero-order chi connectivity index (χ0) is 11.1. The van der Waals surface area contributed by atoms with Crippen molar-refractivity contribution in [2.75, 3.05) is 31.6 Å². The highest BCUT2D eigenvalue weighted by atomic mass is 15.2. The maximum absolute atomic E-state index is 4.47. The van der Waals surface area contributed by atoms with Crippen molar-refractivity contribution in [2.24, 2.45) is 0 Å². The number of pyridine rings is 1. The number of aromatic nitrogens is 1. The van der Waals surface area contributed by atoms with Crippen molar-refractivity contribution in [3.8, 4) is 0 Å².